The molecule has 0 aliphatic heterocycles. The molecular formula is C20H27NO5. The van der Waals surface area contributed by atoms with Crippen molar-refractivity contribution in [3.63, 3.8) is 0 Å². The largest absolute Gasteiger partial charge is 0.493 e. The highest BCUT2D eigenvalue weighted by Crippen LogP contribution is 2.28. The summed E-state index contributed by atoms with van der Waals surface area (Å²) in [6, 6.07) is 4.78. The number of hydrogen-bond acceptors (Lipinski definition) is 5. The van der Waals surface area contributed by atoms with Gasteiger partial charge in [0.1, 0.15) is 0 Å². The molecule has 1 N–H and O–H groups in total. The zero-order valence-electron chi connectivity index (χ0n) is 15.5. The van der Waals surface area contributed by atoms with Crippen LogP contribution in [0.5, 0.6) is 11.5 Å². The molecule has 0 atom stereocenters. The average molecular weight is 361 g/mol. The van der Waals surface area contributed by atoms with E-state index in [1.807, 2.05) is 6.92 Å². The molecular weight excluding hydrogens is 334 g/mol. The van der Waals surface area contributed by atoms with E-state index in [0.717, 1.165) is 19.3 Å². The Morgan fingerprint density at radius 2 is 2.04 bits per heavy atom. The minimum absolute atomic E-state index is 0.298. The molecule has 1 amide bonds. The molecule has 0 saturated carbocycles. The SMILES string of the molecule is CCOc1ccc(C(=O)OCC(=O)NCCC2=CCCCC2)cc1OC. The van der Waals surface area contributed by atoms with E-state index in [-0.39, 0.29) is 12.5 Å². The maximum absolute atomic E-state index is 12.1. The van der Waals surface area contributed by atoms with Crippen LogP contribution in [0.15, 0.2) is 29.8 Å². The van der Waals surface area contributed by atoms with Crippen LogP contribution in [0, 0.1) is 0 Å². The van der Waals surface area contributed by atoms with E-state index in [0.29, 0.717) is 30.2 Å². The van der Waals surface area contributed by atoms with Gasteiger partial charge in [-0.2, -0.15) is 0 Å². The first-order valence-corrected chi connectivity index (χ1v) is 9.06. The van der Waals surface area contributed by atoms with Gasteiger partial charge in [0.05, 0.1) is 19.3 Å². The molecule has 0 saturated heterocycles. The molecule has 1 aliphatic carbocycles. The number of nitrogens with one attached hydrogen (secondary N) is 1. The van der Waals surface area contributed by atoms with Crippen molar-refractivity contribution in [2.75, 3.05) is 26.9 Å². The van der Waals surface area contributed by atoms with E-state index in [4.69, 9.17) is 14.2 Å². The first kappa shape index (κ1) is 19.8. The molecule has 6 nitrogen and oxygen atoms in total. The molecule has 1 aromatic rings. The Labute approximate surface area is 154 Å². The van der Waals surface area contributed by atoms with Crippen molar-refractivity contribution in [2.24, 2.45) is 0 Å². The minimum atomic E-state index is -0.573. The second-order valence-corrected chi connectivity index (χ2v) is 6.08. The Morgan fingerprint density at radius 3 is 2.73 bits per heavy atom. The van der Waals surface area contributed by atoms with E-state index in [1.165, 1.54) is 25.5 Å². The minimum Gasteiger partial charge on any atom is -0.493 e. The van der Waals surface area contributed by atoms with Crippen molar-refractivity contribution in [3.8, 4) is 11.5 Å². The Kier molecular flexibility index (Phi) is 7.99. The van der Waals surface area contributed by atoms with Gasteiger partial charge in [-0.1, -0.05) is 11.6 Å². The zero-order valence-corrected chi connectivity index (χ0v) is 15.5. The lowest BCUT2D eigenvalue weighted by Gasteiger charge is -2.13. The highest BCUT2D eigenvalue weighted by molar-refractivity contribution is 5.92. The van der Waals surface area contributed by atoms with Crippen molar-refractivity contribution < 1.29 is 23.8 Å². The van der Waals surface area contributed by atoms with Gasteiger partial charge in [-0.3, -0.25) is 4.79 Å². The number of esters is 1. The summed E-state index contributed by atoms with van der Waals surface area (Å²) < 4.78 is 15.7. The summed E-state index contributed by atoms with van der Waals surface area (Å²) in [7, 11) is 1.50. The molecule has 0 unspecified atom stereocenters. The smallest absolute Gasteiger partial charge is 0.338 e. The summed E-state index contributed by atoms with van der Waals surface area (Å²) in [4.78, 5) is 23.9. The van der Waals surface area contributed by atoms with Gasteiger partial charge in [0.25, 0.3) is 5.91 Å². The summed E-state index contributed by atoms with van der Waals surface area (Å²) in [5.74, 6) is 0.136. The van der Waals surface area contributed by atoms with E-state index >= 15 is 0 Å². The summed E-state index contributed by atoms with van der Waals surface area (Å²) in [5.41, 5.74) is 1.71. The van der Waals surface area contributed by atoms with Crippen LogP contribution in [0.3, 0.4) is 0 Å². The number of carbonyl (C=O) groups excluding carboxylic acids is 2. The third-order valence-corrected chi connectivity index (χ3v) is 4.19. The van der Waals surface area contributed by atoms with Gasteiger partial charge < -0.3 is 19.5 Å². The number of rotatable bonds is 9. The summed E-state index contributed by atoms with van der Waals surface area (Å²) in [5, 5.41) is 2.78. The molecule has 0 spiro atoms. The fourth-order valence-corrected chi connectivity index (χ4v) is 2.83. The summed E-state index contributed by atoms with van der Waals surface area (Å²) in [6.07, 6.45) is 7.84. The second kappa shape index (κ2) is 10.5. The lowest BCUT2D eigenvalue weighted by molar-refractivity contribution is -0.124. The van der Waals surface area contributed by atoms with Crippen molar-refractivity contribution in [1.82, 2.24) is 5.32 Å². The number of methoxy groups -OCH3 is 1. The van der Waals surface area contributed by atoms with Crippen LogP contribution in [-0.4, -0.2) is 38.7 Å². The van der Waals surface area contributed by atoms with E-state index < -0.39 is 5.97 Å². The number of amides is 1. The first-order valence-electron chi connectivity index (χ1n) is 9.06. The van der Waals surface area contributed by atoms with E-state index in [2.05, 4.69) is 11.4 Å². The zero-order chi connectivity index (χ0) is 18.8. The normalized spacial score (nSPS) is 13.5. The topological polar surface area (TPSA) is 73.9 Å². The van der Waals surface area contributed by atoms with Gasteiger partial charge in [-0.25, -0.2) is 4.79 Å². The van der Waals surface area contributed by atoms with Crippen LogP contribution in [0.25, 0.3) is 0 Å². The van der Waals surface area contributed by atoms with Crippen LogP contribution in [0.2, 0.25) is 0 Å². The van der Waals surface area contributed by atoms with Gasteiger partial charge in [0.15, 0.2) is 18.1 Å². The predicted octanol–water partition coefficient (Wildman–Crippen LogP) is 3.26. The Balaban J connectivity index is 1.76. The monoisotopic (exact) mass is 361 g/mol. The number of allylic oxidation sites excluding steroid dienone is 1. The van der Waals surface area contributed by atoms with Crippen LogP contribution in [0.1, 0.15) is 49.4 Å². The van der Waals surface area contributed by atoms with Crippen LogP contribution < -0.4 is 14.8 Å². The van der Waals surface area contributed by atoms with Crippen molar-refractivity contribution in [3.05, 3.63) is 35.4 Å². The highest BCUT2D eigenvalue weighted by Gasteiger charge is 2.14. The van der Waals surface area contributed by atoms with Gasteiger partial charge in [0.2, 0.25) is 0 Å². The average Bonchev–Trinajstić information content (AvgIpc) is 2.67. The number of carbonyl (C=O) groups is 2. The van der Waals surface area contributed by atoms with E-state index in [1.54, 1.807) is 18.2 Å². The van der Waals surface area contributed by atoms with Crippen LogP contribution >= 0.6 is 0 Å². The molecule has 0 fully saturated rings. The molecule has 1 aliphatic rings. The summed E-state index contributed by atoms with van der Waals surface area (Å²) in [6.45, 7) is 2.63. The summed E-state index contributed by atoms with van der Waals surface area (Å²) >= 11 is 0. The lowest BCUT2D eigenvalue weighted by Crippen LogP contribution is -2.29. The molecule has 0 aromatic heterocycles. The fourth-order valence-electron chi connectivity index (χ4n) is 2.83. The van der Waals surface area contributed by atoms with Gasteiger partial charge in [0, 0.05) is 6.54 Å². The van der Waals surface area contributed by atoms with Crippen molar-refractivity contribution in [2.45, 2.75) is 39.0 Å². The Bertz CT molecular complexity index is 654. The van der Waals surface area contributed by atoms with Gasteiger partial charge >= 0.3 is 5.97 Å². The molecule has 6 heteroatoms. The van der Waals surface area contributed by atoms with Crippen LogP contribution in [0.4, 0.5) is 0 Å². The van der Waals surface area contributed by atoms with Crippen molar-refractivity contribution in [1.29, 1.82) is 0 Å². The van der Waals surface area contributed by atoms with Gasteiger partial charge in [-0.15, -0.1) is 0 Å². The molecule has 0 bridgehead atoms. The molecule has 0 radical (unpaired) electrons. The molecule has 1 aromatic carbocycles. The Morgan fingerprint density at radius 1 is 1.19 bits per heavy atom. The fraction of sp³-hybridized carbons (Fsp3) is 0.500. The third kappa shape index (κ3) is 6.10. The van der Waals surface area contributed by atoms with Gasteiger partial charge in [-0.05, 0) is 57.2 Å². The number of ether oxygens (including phenoxy) is 3. The first-order chi connectivity index (χ1) is 12.6. The van der Waals surface area contributed by atoms with E-state index in [9.17, 15) is 9.59 Å². The standard InChI is InChI=1S/C20H27NO5/c1-3-25-17-10-9-16(13-18(17)24-2)20(23)26-14-19(22)21-12-11-15-7-5-4-6-8-15/h7,9-10,13H,3-6,8,11-12,14H2,1-2H3,(H,21,22). The Hall–Kier alpha value is -2.50. The van der Waals surface area contributed by atoms with Crippen molar-refractivity contribution >= 4 is 11.9 Å². The maximum Gasteiger partial charge on any atom is 0.338 e. The second-order valence-electron chi connectivity index (χ2n) is 6.08. The molecule has 142 valence electrons. The number of benzene rings is 1. The lowest BCUT2D eigenvalue weighted by atomic mass is 9.97. The third-order valence-electron chi connectivity index (χ3n) is 4.19. The highest BCUT2D eigenvalue weighted by atomic mass is 16.5. The molecule has 0 heterocycles. The quantitative estimate of drug-likeness (QED) is 0.540. The molecule has 26 heavy (non-hydrogen) atoms. The predicted molar refractivity (Wildman–Crippen MR) is 98.6 cm³/mol. The molecule has 2 rings (SSSR count). The maximum atomic E-state index is 12.1. The number of hydrogen-bond donors (Lipinski definition) is 1. The van der Waals surface area contributed by atoms with Crippen LogP contribution in [-0.2, 0) is 9.53 Å².